The summed E-state index contributed by atoms with van der Waals surface area (Å²) in [5.41, 5.74) is 0.815. The molecule has 0 aliphatic carbocycles. The van der Waals surface area contributed by atoms with Crippen molar-refractivity contribution in [2.45, 2.75) is 45.1 Å². The smallest absolute Gasteiger partial charge is 0.246 e. The molecule has 1 unspecified atom stereocenters. The number of carbonyl (C=O) groups excluding carboxylic acids is 2. The maximum atomic E-state index is 12.8. The Hall–Kier alpha value is -1.56. The number of nitrogens with zero attached hydrogens (tertiary/aromatic N) is 3. The lowest BCUT2D eigenvalue weighted by molar-refractivity contribution is -0.131. The Morgan fingerprint density at radius 3 is 2.57 bits per heavy atom. The van der Waals surface area contributed by atoms with Gasteiger partial charge in [0.25, 0.3) is 0 Å². The Morgan fingerprint density at radius 1 is 1.07 bits per heavy atom. The zero-order valence-corrected chi connectivity index (χ0v) is 19.2. The summed E-state index contributed by atoms with van der Waals surface area (Å²) in [5, 5.41) is 0.945. The van der Waals surface area contributed by atoms with Gasteiger partial charge in [0.15, 0.2) is 0 Å². The van der Waals surface area contributed by atoms with Crippen molar-refractivity contribution >= 4 is 41.1 Å². The van der Waals surface area contributed by atoms with E-state index < -0.39 is 0 Å². The van der Waals surface area contributed by atoms with E-state index in [9.17, 15) is 9.59 Å². The number of likely N-dealkylation sites (tertiary alicyclic amines) is 1. The summed E-state index contributed by atoms with van der Waals surface area (Å²) in [7, 11) is 0. The fourth-order valence-electron chi connectivity index (χ4n) is 4.18. The molecule has 0 radical (unpaired) electrons. The van der Waals surface area contributed by atoms with Crippen molar-refractivity contribution in [2.24, 2.45) is 0 Å². The molecule has 2 aliphatic heterocycles. The Kier molecular flexibility index (Phi) is 8.61. The third kappa shape index (κ3) is 6.47. The molecule has 1 aromatic carbocycles. The van der Waals surface area contributed by atoms with E-state index >= 15 is 0 Å². The van der Waals surface area contributed by atoms with E-state index in [0.717, 1.165) is 25.1 Å². The molecule has 2 saturated heterocycles. The van der Waals surface area contributed by atoms with Gasteiger partial charge < -0.3 is 14.7 Å². The Balaban J connectivity index is 1.52. The highest BCUT2D eigenvalue weighted by atomic mass is 35.5. The summed E-state index contributed by atoms with van der Waals surface area (Å²) in [4.78, 5) is 31.6. The van der Waals surface area contributed by atoms with Gasteiger partial charge in [0.1, 0.15) is 0 Å². The quantitative estimate of drug-likeness (QED) is 0.604. The number of amides is 2. The van der Waals surface area contributed by atoms with Gasteiger partial charge in [-0.25, -0.2) is 0 Å². The number of benzene rings is 1. The molecule has 164 valence electrons. The highest BCUT2D eigenvalue weighted by Crippen LogP contribution is 2.23. The van der Waals surface area contributed by atoms with E-state index in [-0.39, 0.29) is 17.9 Å². The van der Waals surface area contributed by atoms with Crippen LogP contribution < -0.4 is 0 Å². The number of halogens is 2. The van der Waals surface area contributed by atoms with Crippen molar-refractivity contribution in [1.29, 1.82) is 0 Å². The van der Waals surface area contributed by atoms with Crippen molar-refractivity contribution in [3.05, 3.63) is 39.9 Å². The standard InChI is InChI=1S/C23H31Cl2N3O2/c1-18-16-23(30)27(13-5-12-26-10-3-2-4-11-26)14-15-28(18)22(29)9-7-19-6-8-20(24)21(25)17-19/h6-9,17-18H,2-5,10-16H2,1H3. The highest BCUT2D eigenvalue weighted by Gasteiger charge is 2.28. The van der Waals surface area contributed by atoms with Crippen molar-refractivity contribution in [3.8, 4) is 0 Å². The molecule has 1 atom stereocenters. The lowest BCUT2D eigenvalue weighted by atomic mass is 10.1. The third-order valence-corrected chi connectivity index (χ3v) is 6.70. The first-order chi connectivity index (χ1) is 14.4. The summed E-state index contributed by atoms with van der Waals surface area (Å²) in [6, 6.07) is 5.14. The second-order valence-electron chi connectivity index (χ2n) is 8.23. The molecule has 2 fully saturated rings. The number of carbonyl (C=O) groups is 2. The number of rotatable bonds is 6. The topological polar surface area (TPSA) is 43.9 Å². The molecule has 30 heavy (non-hydrogen) atoms. The molecular weight excluding hydrogens is 421 g/mol. The molecule has 0 aromatic heterocycles. The first-order valence-electron chi connectivity index (χ1n) is 10.9. The lowest BCUT2D eigenvalue weighted by Gasteiger charge is -2.28. The number of piperidine rings is 1. The fraction of sp³-hybridized carbons (Fsp3) is 0.565. The van der Waals surface area contributed by atoms with Crippen LogP contribution in [-0.2, 0) is 9.59 Å². The van der Waals surface area contributed by atoms with Crippen LogP contribution in [0, 0.1) is 0 Å². The van der Waals surface area contributed by atoms with Crippen molar-refractivity contribution < 1.29 is 9.59 Å². The SMILES string of the molecule is CC1CC(=O)N(CCCN2CCCCC2)CCN1C(=O)C=Cc1ccc(Cl)c(Cl)c1. The Labute approximate surface area is 189 Å². The molecular formula is C23H31Cl2N3O2. The van der Waals surface area contributed by atoms with Crippen LogP contribution in [-0.4, -0.2) is 71.8 Å². The van der Waals surface area contributed by atoms with Crippen LogP contribution in [0.3, 0.4) is 0 Å². The van der Waals surface area contributed by atoms with Gasteiger partial charge in [-0.2, -0.15) is 0 Å². The second kappa shape index (κ2) is 11.2. The molecule has 7 heteroatoms. The normalized spacial score (nSPS) is 21.3. The van der Waals surface area contributed by atoms with Crippen LogP contribution >= 0.6 is 23.2 Å². The van der Waals surface area contributed by atoms with E-state index in [4.69, 9.17) is 23.2 Å². The summed E-state index contributed by atoms with van der Waals surface area (Å²) >= 11 is 12.0. The molecule has 2 aliphatic rings. The average molecular weight is 452 g/mol. The molecule has 2 heterocycles. The summed E-state index contributed by atoms with van der Waals surface area (Å²) in [6.45, 7) is 7.27. The summed E-state index contributed by atoms with van der Waals surface area (Å²) in [6.07, 6.45) is 8.55. The molecule has 0 spiro atoms. The first kappa shape index (κ1) is 23.1. The summed E-state index contributed by atoms with van der Waals surface area (Å²) < 4.78 is 0. The molecule has 5 nitrogen and oxygen atoms in total. The predicted molar refractivity (Wildman–Crippen MR) is 123 cm³/mol. The van der Waals surface area contributed by atoms with Gasteiger partial charge in [-0.3, -0.25) is 9.59 Å². The highest BCUT2D eigenvalue weighted by molar-refractivity contribution is 6.42. The van der Waals surface area contributed by atoms with Crippen molar-refractivity contribution in [1.82, 2.24) is 14.7 Å². The first-order valence-corrected chi connectivity index (χ1v) is 11.6. The zero-order chi connectivity index (χ0) is 21.5. The van der Waals surface area contributed by atoms with E-state index in [1.54, 1.807) is 29.2 Å². The maximum absolute atomic E-state index is 12.8. The number of hydrogen-bond donors (Lipinski definition) is 0. The van der Waals surface area contributed by atoms with Gasteiger partial charge in [0.05, 0.1) is 10.0 Å². The molecule has 0 bridgehead atoms. The molecule has 2 amide bonds. The third-order valence-electron chi connectivity index (χ3n) is 5.96. The summed E-state index contributed by atoms with van der Waals surface area (Å²) in [5.74, 6) is 0.0569. The van der Waals surface area contributed by atoms with Crippen molar-refractivity contribution in [2.75, 3.05) is 39.3 Å². The second-order valence-corrected chi connectivity index (χ2v) is 9.04. The van der Waals surface area contributed by atoms with E-state index in [0.29, 0.717) is 29.6 Å². The van der Waals surface area contributed by atoms with E-state index in [1.165, 1.54) is 32.4 Å². The maximum Gasteiger partial charge on any atom is 0.246 e. The van der Waals surface area contributed by atoms with Crippen LogP contribution in [0.25, 0.3) is 6.08 Å². The fourth-order valence-corrected chi connectivity index (χ4v) is 4.48. The van der Waals surface area contributed by atoms with E-state index in [1.807, 2.05) is 17.9 Å². The number of hydrogen-bond acceptors (Lipinski definition) is 3. The monoisotopic (exact) mass is 451 g/mol. The van der Waals surface area contributed by atoms with Gasteiger partial charge in [-0.15, -0.1) is 0 Å². The zero-order valence-electron chi connectivity index (χ0n) is 17.7. The van der Waals surface area contributed by atoms with Gasteiger partial charge >= 0.3 is 0 Å². The molecule has 1 aromatic rings. The van der Waals surface area contributed by atoms with Crippen LogP contribution in [0.15, 0.2) is 24.3 Å². The molecule has 0 saturated carbocycles. The Morgan fingerprint density at radius 2 is 1.83 bits per heavy atom. The van der Waals surface area contributed by atoms with Crippen LogP contribution in [0.5, 0.6) is 0 Å². The van der Waals surface area contributed by atoms with Gasteiger partial charge in [-0.1, -0.05) is 35.7 Å². The lowest BCUT2D eigenvalue weighted by Crippen LogP contribution is -2.39. The predicted octanol–water partition coefficient (Wildman–Crippen LogP) is 4.33. The average Bonchev–Trinajstić information content (AvgIpc) is 2.87. The van der Waals surface area contributed by atoms with Crippen LogP contribution in [0.1, 0.15) is 44.6 Å². The minimum Gasteiger partial charge on any atom is -0.341 e. The minimum absolute atomic E-state index is 0.0865. The van der Waals surface area contributed by atoms with Gasteiger partial charge in [0, 0.05) is 38.2 Å². The molecule has 0 N–H and O–H groups in total. The van der Waals surface area contributed by atoms with Gasteiger partial charge in [0.2, 0.25) is 11.8 Å². The minimum atomic E-state index is -0.115. The van der Waals surface area contributed by atoms with Crippen LogP contribution in [0.2, 0.25) is 10.0 Å². The largest absolute Gasteiger partial charge is 0.341 e. The van der Waals surface area contributed by atoms with Crippen molar-refractivity contribution in [3.63, 3.8) is 0 Å². The van der Waals surface area contributed by atoms with Crippen LogP contribution in [0.4, 0.5) is 0 Å². The Bertz CT molecular complexity index is 778. The molecule has 3 rings (SSSR count). The van der Waals surface area contributed by atoms with Gasteiger partial charge in [-0.05, 0) is 69.6 Å². The van der Waals surface area contributed by atoms with E-state index in [2.05, 4.69) is 4.90 Å².